The molecule has 96 valence electrons. The minimum absolute atomic E-state index is 0.0246. The molecule has 2 rings (SSSR count). The number of benzene rings is 1. The summed E-state index contributed by atoms with van der Waals surface area (Å²) in [5, 5.41) is 11.4. The van der Waals surface area contributed by atoms with Gasteiger partial charge in [0.25, 0.3) is 0 Å². The lowest BCUT2D eigenvalue weighted by molar-refractivity contribution is -0.0493. The average molecular weight is 262 g/mol. The normalized spacial score (nSPS) is 10.0. The maximum Gasteiger partial charge on any atom is 0.387 e. The van der Waals surface area contributed by atoms with Gasteiger partial charge in [0.05, 0.1) is 5.69 Å². The number of anilines is 2. The molecule has 1 heterocycles. The fourth-order valence-corrected chi connectivity index (χ4v) is 1.37. The van der Waals surface area contributed by atoms with E-state index in [9.17, 15) is 8.78 Å². The van der Waals surface area contributed by atoms with Crippen LogP contribution in [-0.2, 0) is 0 Å². The molecule has 5 nitrogen and oxygen atoms in total. The van der Waals surface area contributed by atoms with Gasteiger partial charge in [-0.25, -0.2) is 9.97 Å². The molecule has 0 atom stereocenters. The van der Waals surface area contributed by atoms with Crippen LogP contribution < -0.4 is 10.1 Å². The van der Waals surface area contributed by atoms with E-state index in [-0.39, 0.29) is 23.1 Å². The summed E-state index contributed by atoms with van der Waals surface area (Å²) in [6.45, 7) is -2.92. The maximum absolute atomic E-state index is 12.2. The van der Waals surface area contributed by atoms with Gasteiger partial charge in [-0.2, -0.15) is 14.0 Å². The minimum Gasteiger partial charge on any atom is -0.433 e. The number of nitrogens with zero attached hydrogens (tertiary/aromatic N) is 3. The quantitative estimate of drug-likeness (QED) is 0.917. The summed E-state index contributed by atoms with van der Waals surface area (Å²) in [4.78, 5) is 7.77. The number of para-hydroxylation sites is 2. The van der Waals surface area contributed by atoms with Crippen molar-refractivity contribution in [2.24, 2.45) is 0 Å². The van der Waals surface area contributed by atoms with Crippen molar-refractivity contribution in [3.63, 3.8) is 0 Å². The molecule has 7 heteroatoms. The Kier molecular flexibility index (Phi) is 3.83. The number of rotatable bonds is 4. The summed E-state index contributed by atoms with van der Waals surface area (Å²) in [6, 6.07) is 9.44. The molecular formula is C12H8F2N4O. The second kappa shape index (κ2) is 5.73. The highest BCUT2D eigenvalue weighted by atomic mass is 19.3. The van der Waals surface area contributed by atoms with Crippen molar-refractivity contribution in [2.45, 2.75) is 6.61 Å². The van der Waals surface area contributed by atoms with Gasteiger partial charge in [0, 0.05) is 6.20 Å². The predicted molar refractivity (Wildman–Crippen MR) is 63.1 cm³/mol. The largest absolute Gasteiger partial charge is 0.433 e. The van der Waals surface area contributed by atoms with Gasteiger partial charge < -0.3 is 10.1 Å². The zero-order valence-corrected chi connectivity index (χ0v) is 9.55. The summed E-state index contributed by atoms with van der Waals surface area (Å²) >= 11 is 0. The Morgan fingerprint density at radius 1 is 1.26 bits per heavy atom. The van der Waals surface area contributed by atoms with Crippen molar-refractivity contribution in [3.05, 3.63) is 42.2 Å². The first-order valence-corrected chi connectivity index (χ1v) is 5.23. The average Bonchev–Trinajstić information content (AvgIpc) is 2.41. The standard InChI is InChI=1S/C12H8F2N4O/c13-11(14)19-10-4-2-1-3-9(10)18-12-16-6-5-8(7-15)17-12/h1-6,11H,(H,16,17,18). The number of alkyl halides is 2. The number of nitrogens with one attached hydrogen (secondary N) is 1. The number of hydrogen-bond acceptors (Lipinski definition) is 5. The molecule has 0 aliphatic rings. The number of halogens is 2. The Morgan fingerprint density at radius 3 is 2.79 bits per heavy atom. The van der Waals surface area contributed by atoms with Crippen LogP contribution in [0.3, 0.4) is 0 Å². The zero-order chi connectivity index (χ0) is 13.7. The molecule has 0 bridgehead atoms. The van der Waals surface area contributed by atoms with Gasteiger partial charge in [-0.05, 0) is 18.2 Å². The van der Waals surface area contributed by atoms with Gasteiger partial charge in [0.15, 0.2) is 0 Å². The van der Waals surface area contributed by atoms with Crippen molar-refractivity contribution < 1.29 is 13.5 Å². The third-order valence-electron chi connectivity index (χ3n) is 2.12. The molecule has 0 spiro atoms. The van der Waals surface area contributed by atoms with Crippen molar-refractivity contribution >= 4 is 11.6 Å². The van der Waals surface area contributed by atoms with E-state index in [4.69, 9.17) is 5.26 Å². The van der Waals surface area contributed by atoms with E-state index in [1.165, 1.54) is 18.3 Å². The molecule has 1 aromatic heterocycles. The molecule has 19 heavy (non-hydrogen) atoms. The summed E-state index contributed by atoms with van der Waals surface area (Å²) in [5.41, 5.74) is 0.461. The van der Waals surface area contributed by atoms with E-state index < -0.39 is 6.61 Å². The zero-order valence-electron chi connectivity index (χ0n) is 9.55. The Labute approximate surface area is 107 Å². The lowest BCUT2D eigenvalue weighted by Gasteiger charge is -2.11. The fourth-order valence-electron chi connectivity index (χ4n) is 1.37. The minimum atomic E-state index is -2.92. The highest BCUT2D eigenvalue weighted by molar-refractivity contribution is 5.62. The third kappa shape index (κ3) is 3.35. The molecular weight excluding hydrogens is 254 g/mol. The maximum atomic E-state index is 12.2. The lowest BCUT2D eigenvalue weighted by atomic mass is 10.3. The van der Waals surface area contributed by atoms with Crippen LogP contribution >= 0.6 is 0 Å². The van der Waals surface area contributed by atoms with Gasteiger partial charge in [-0.3, -0.25) is 0 Å². The number of ether oxygens (including phenoxy) is 1. The van der Waals surface area contributed by atoms with Crippen LogP contribution in [0.5, 0.6) is 5.75 Å². The van der Waals surface area contributed by atoms with Crippen molar-refractivity contribution in [3.8, 4) is 11.8 Å². The molecule has 0 aliphatic heterocycles. The SMILES string of the molecule is N#Cc1ccnc(Nc2ccccc2OC(F)F)n1. The molecule has 0 unspecified atom stereocenters. The molecule has 0 aliphatic carbocycles. The molecule has 0 amide bonds. The highest BCUT2D eigenvalue weighted by Crippen LogP contribution is 2.27. The van der Waals surface area contributed by atoms with Crippen LogP contribution in [0.1, 0.15) is 5.69 Å². The topological polar surface area (TPSA) is 70.8 Å². The summed E-state index contributed by atoms with van der Waals surface area (Å²) in [7, 11) is 0. The van der Waals surface area contributed by atoms with Gasteiger partial charge in [-0.1, -0.05) is 12.1 Å². The molecule has 0 radical (unpaired) electrons. The molecule has 2 aromatic rings. The van der Waals surface area contributed by atoms with E-state index in [1.54, 1.807) is 18.2 Å². The second-order valence-electron chi connectivity index (χ2n) is 3.38. The third-order valence-corrected chi connectivity index (χ3v) is 2.12. The van der Waals surface area contributed by atoms with E-state index >= 15 is 0 Å². The van der Waals surface area contributed by atoms with Crippen LogP contribution in [0.2, 0.25) is 0 Å². The van der Waals surface area contributed by atoms with Gasteiger partial charge in [0.1, 0.15) is 17.5 Å². The first-order valence-electron chi connectivity index (χ1n) is 5.23. The molecule has 1 aromatic carbocycles. The van der Waals surface area contributed by atoms with Crippen LogP contribution in [0.25, 0.3) is 0 Å². The number of nitriles is 1. The molecule has 1 N–H and O–H groups in total. The Balaban J connectivity index is 2.25. The van der Waals surface area contributed by atoms with Crippen LogP contribution in [0.15, 0.2) is 36.5 Å². The lowest BCUT2D eigenvalue weighted by Crippen LogP contribution is -2.05. The summed E-state index contributed by atoms with van der Waals surface area (Å²) < 4.78 is 28.8. The van der Waals surface area contributed by atoms with Gasteiger partial charge >= 0.3 is 6.61 Å². The molecule has 0 fully saturated rings. The van der Waals surface area contributed by atoms with E-state index in [1.807, 2.05) is 6.07 Å². The fraction of sp³-hybridized carbons (Fsp3) is 0.0833. The van der Waals surface area contributed by atoms with Gasteiger partial charge in [0.2, 0.25) is 5.95 Å². The van der Waals surface area contributed by atoms with Crippen LogP contribution in [0.4, 0.5) is 20.4 Å². The Hall–Kier alpha value is -2.75. The van der Waals surface area contributed by atoms with Gasteiger partial charge in [-0.15, -0.1) is 0 Å². The molecule has 0 saturated carbocycles. The second-order valence-corrected chi connectivity index (χ2v) is 3.38. The smallest absolute Gasteiger partial charge is 0.387 e. The first-order chi connectivity index (χ1) is 9.19. The first kappa shape index (κ1) is 12.7. The highest BCUT2D eigenvalue weighted by Gasteiger charge is 2.10. The van der Waals surface area contributed by atoms with Crippen LogP contribution in [-0.4, -0.2) is 16.6 Å². The van der Waals surface area contributed by atoms with Crippen molar-refractivity contribution in [1.82, 2.24) is 9.97 Å². The van der Waals surface area contributed by atoms with Crippen molar-refractivity contribution in [2.75, 3.05) is 5.32 Å². The van der Waals surface area contributed by atoms with E-state index in [0.29, 0.717) is 0 Å². The number of aromatic nitrogens is 2. The van der Waals surface area contributed by atoms with E-state index in [0.717, 1.165) is 0 Å². The number of hydrogen-bond donors (Lipinski definition) is 1. The summed E-state index contributed by atoms with van der Waals surface area (Å²) in [6.07, 6.45) is 1.39. The summed E-state index contributed by atoms with van der Waals surface area (Å²) in [5.74, 6) is 0.104. The van der Waals surface area contributed by atoms with E-state index in [2.05, 4.69) is 20.0 Å². The van der Waals surface area contributed by atoms with Crippen LogP contribution in [0, 0.1) is 11.3 Å². The predicted octanol–water partition coefficient (Wildman–Crippen LogP) is 2.69. The Morgan fingerprint density at radius 2 is 2.05 bits per heavy atom. The van der Waals surface area contributed by atoms with Crippen molar-refractivity contribution in [1.29, 1.82) is 5.26 Å². The molecule has 0 saturated heterocycles. The monoisotopic (exact) mass is 262 g/mol. The Bertz CT molecular complexity index is 613.